The number of anilines is 3. The third-order valence-corrected chi connectivity index (χ3v) is 10.9. The summed E-state index contributed by atoms with van der Waals surface area (Å²) < 4.78 is 6.58. The molecule has 0 aliphatic heterocycles. The number of para-hydroxylation sites is 1. The number of hydrogen-bond donors (Lipinski definition) is 0. The van der Waals surface area contributed by atoms with E-state index >= 15 is 0 Å². The predicted octanol–water partition coefficient (Wildman–Crippen LogP) is 14.2. The van der Waals surface area contributed by atoms with Gasteiger partial charge in [0.25, 0.3) is 0 Å². The molecule has 0 bridgehead atoms. The van der Waals surface area contributed by atoms with E-state index in [9.17, 15) is 0 Å². The second-order valence-electron chi connectivity index (χ2n) is 14.4. The van der Waals surface area contributed by atoms with Crippen molar-refractivity contribution in [2.24, 2.45) is 0 Å². The molecule has 11 aromatic rings. The summed E-state index contributed by atoms with van der Waals surface area (Å²) >= 11 is 0. The molecule has 0 aliphatic rings. The van der Waals surface area contributed by atoms with Crippen LogP contribution in [0.15, 0.2) is 211 Å². The lowest BCUT2D eigenvalue weighted by Gasteiger charge is -2.25. The highest BCUT2D eigenvalue weighted by Crippen LogP contribution is 2.40. The molecule has 11 rings (SSSR count). The van der Waals surface area contributed by atoms with Crippen molar-refractivity contribution in [2.75, 3.05) is 4.90 Å². The summed E-state index contributed by atoms with van der Waals surface area (Å²) in [6.07, 6.45) is 0. The van der Waals surface area contributed by atoms with Crippen molar-refractivity contribution in [1.29, 1.82) is 0 Å². The fourth-order valence-electron chi connectivity index (χ4n) is 8.09. The normalized spacial score (nSPS) is 11.4. The van der Waals surface area contributed by atoms with Gasteiger partial charge in [-0.2, -0.15) is 0 Å². The van der Waals surface area contributed by atoms with Gasteiger partial charge in [-0.15, -0.1) is 0 Å². The van der Waals surface area contributed by atoms with Crippen LogP contribution in [-0.2, 0) is 0 Å². The number of aromatic nitrogens is 3. The molecule has 0 amide bonds. The molecule has 0 unspecified atom stereocenters. The van der Waals surface area contributed by atoms with Crippen molar-refractivity contribution >= 4 is 60.5 Å². The van der Waals surface area contributed by atoms with Gasteiger partial charge in [0.2, 0.25) is 0 Å². The van der Waals surface area contributed by atoms with Gasteiger partial charge >= 0.3 is 0 Å². The maximum absolute atomic E-state index is 6.58. The molecule has 0 N–H and O–H groups in total. The summed E-state index contributed by atoms with van der Waals surface area (Å²) in [5.41, 5.74) is 9.89. The molecular formula is C53H34N4O. The average molecular weight is 743 g/mol. The van der Waals surface area contributed by atoms with E-state index in [1.165, 1.54) is 11.1 Å². The van der Waals surface area contributed by atoms with Gasteiger partial charge in [-0.1, -0.05) is 152 Å². The molecule has 5 nitrogen and oxygen atoms in total. The Morgan fingerprint density at radius 3 is 1.50 bits per heavy atom. The minimum absolute atomic E-state index is 0.582. The van der Waals surface area contributed by atoms with Gasteiger partial charge in [-0.25, -0.2) is 15.0 Å². The topological polar surface area (TPSA) is 55.1 Å². The Hall–Kier alpha value is -7.89. The van der Waals surface area contributed by atoms with Crippen molar-refractivity contribution in [3.63, 3.8) is 0 Å². The van der Waals surface area contributed by atoms with Gasteiger partial charge < -0.3 is 9.32 Å². The van der Waals surface area contributed by atoms with Crippen molar-refractivity contribution in [2.45, 2.75) is 0 Å². The molecule has 5 heteroatoms. The van der Waals surface area contributed by atoms with Crippen LogP contribution in [0.25, 0.3) is 88.8 Å². The quantitative estimate of drug-likeness (QED) is 0.163. The molecule has 9 aromatic carbocycles. The Morgan fingerprint density at radius 1 is 0.310 bits per heavy atom. The Labute approximate surface area is 335 Å². The van der Waals surface area contributed by atoms with Crippen LogP contribution in [0.2, 0.25) is 0 Å². The fraction of sp³-hybridized carbons (Fsp3) is 0. The van der Waals surface area contributed by atoms with Crippen LogP contribution in [0.1, 0.15) is 0 Å². The molecule has 0 saturated carbocycles. The molecule has 0 radical (unpaired) electrons. The van der Waals surface area contributed by atoms with Crippen molar-refractivity contribution in [3.8, 4) is 45.3 Å². The number of fused-ring (bicyclic) bond motifs is 5. The Bertz CT molecular complexity index is 3180. The Balaban J connectivity index is 1.03. The van der Waals surface area contributed by atoms with E-state index in [0.717, 1.165) is 77.2 Å². The second kappa shape index (κ2) is 14.0. The van der Waals surface area contributed by atoms with Gasteiger partial charge in [0.1, 0.15) is 11.2 Å². The van der Waals surface area contributed by atoms with Gasteiger partial charge in [0, 0.05) is 44.5 Å². The molecule has 0 atom stereocenters. The zero-order valence-electron chi connectivity index (χ0n) is 31.3. The summed E-state index contributed by atoms with van der Waals surface area (Å²) in [5, 5.41) is 6.49. The largest absolute Gasteiger partial charge is 0.456 e. The average Bonchev–Trinajstić information content (AvgIpc) is 3.67. The van der Waals surface area contributed by atoms with E-state index in [0.29, 0.717) is 17.5 Å². The number of nitrogens with zero attached hydrogens (tertiary/aromatic N) is 4. The molecule has 2 heterocycles. The summed E-state index contributed by atoms with van der Waals surface area (Å²) in [5.74, 6) is 1.83. The third-order valence-electron chi connectivity index (χ3n) is 10.9. The second-order valence-corrected chi connectivity index (χ2v) is 14.4. The standard InChI is InChI=1S/C53H34N4O/c1-3-13-35(14-4-1)36-25-28-41(29-26-36)57(40-19-5-2-6-20-40)42-30-32-49-48(34-42)45-31-27-39(33-50(45)58-49)51-54-52(46-23-11-17-37-15-7-9-21-43(37)46)56-53(55-51)47-24-12-18-38-16-8-10-22-44(38)47/h1-34H. The highest BCUT2D eigenvalue weighted by Gasteiger charge is 2.19. The number of furan rings is 1. The fourth-order valence-corrected chi connectivity index (χ4v) is 8.09. The van der Waals surface area contributed by atoms with Crippen LogP contribution in [-0.4, -0.2) is 15.0 Å². The summed E-state index contributed by atoms with van der Waals surface area (Å²) in [6, 6.07) is 71.7. The zero-order valence-corrected chi connectivity index (χ0v) is 31.3. The third kappa shape index (κ3) is 5.94. The SMILES string of the molecule is c1ccc(-c2ccc(N(c3ccccc3)c3ccc4oc5cc(-c6nc(-c7cccc8ccccc78)nc(-c7cccc8ccccc78)n6)ccc5c4c3)cc2)cc1. The first-order valence-electron chi connectivity index (χ1n) is 19.4. The minimum atomic E-state index is 0.582. The molecule has 0 fully saturated rings. The molecule has 58 heavy (non-hydrogen) atoms. The number of hydrogen-bond acceptors (Lipinski definition) is 5. The predicted molar refractivity (Wildman–Crippen MR) is 239 cm³/mol. The van der Waals surface area contributed by atoms with Crippen LogP contribution in [0.3, 0.4) is 0 Å². The highest BCUT2D eigenvalue weighted by molar-refractivity contribution is 6.07. The van der Waals surface area contributed by atoms with E-state index in [4.69, 9.17) is 19.4 Å². The molecule has 0 saturated heterocycles. The molecule has 0 aliphatic carbocycles. The Kier molecular flexibility index (Phi) is 8.07. The van der Waals surface area contributed by atoms with E-state index in [1.54, 1.807) is 0 Å². The van der Waals surface area contributed by atoms with E-state index < -0.39 is 0 Å². The Morgan fingerprint density at radius 2 is 0.828 bits per heavy atom. The summed E-state index contributed by atoms with van der Waals surface area (Å²) in [7, 11) is 0. The van der Waals surface area contributed by atoms with Gasteiger partial charge in [-0.05, 0) is 87.3 Å². The van der Waals surface area contributed by atoms with Gasteiger partial charge in [0.15, 0.2) is 17.5 Å². The first-order valence-corrected chi connectivity index (χ1v) is 19.4. The zero-order chi connectivity index (χ0) is 38.4. The van der Waals surface area contributed by atoms with Crippen molar-refractivity contribution in [1.82, 2.24) is 15.0 Å². The molecule has 2 aromatic heterocycles. The molecule has 0 spiro atoms. The summed E-state index contributed by atoms with van der Waals surface area (Å²) in [4.78, 5) is 17.7. The lowest BCUT2D eigenvalue weighted by molar-refractivity contribution is 0.669. The first kappa shape index (κ1) is 33.4. The molecular weight excluding hydrogens is 709 g/mol. The summed E-state index contributed by atoms with van der Waals surface area (Å²) in [6.45, 7) is 0. The van der Waals surface area contributed by atoms with Crippen LogP contribution >= 0.6 is 0 Å². The smallest absolute Gasteiger partial charge is 0.164 e. The van der Waals surface area contributed by atoms with Crippen LogP contribution < -0.4 is 4.90 Å². The number of rotatable bonds is 7. The lowest BCUT2D eigenvalue weighted by Crippen LogP contribution is -2.09. The highest BCUT2D eigenvalue weighted by atomic mass is 16.3. The van der Waals surface area contributed by atoms with Crippen LogP contribution in [0.4, 0.5) is 17.1 Å². The maximum Gasteiger partial charge on any atom is 0.164 e. The van der Waals surface area contributed by atoms with E-state index in [-0.39, 0.29) is 0 Å². The first-order chi connectivity index (χ1) is 28.7. The van der Waals surface area contributed by atoms with Gasteiger partial charge in [-0.3, -0.25) is 0 Å². The van der Waals surface area contributed by atoms with Crippen LogP contribution in [0.5, 0.6) is 0 Å². The van der Waals surface area contributed by atoms with E-state index in [1.807, 2.05) is 12.1 Å². The minimum Gasteiger partial charge on any atom is -0.456 e. The van der Waals surface area contributed by atoms with Crippen molar-refractivity contribution < 1.29 is 4.42 Å². The monoisotopic (exact) mass is 742 g/mol. The molecule has 272 valence electrons. The number of benzene rings is 9. The van der Waals surface area contributed by atoms with Crippen molar-refractivity contribution in [3.05, 3.63) is 206 Å². The maximum atomic E-state index is 6.58. The lowest BCUT2D eigenvalue weighted by atomic mass is 10.0. The van der Waals surface area contributed by atoms with Gasteiger partial charge in [0.05, 0.1) is 0 Å². The van der Waals surface area contributed by atoms with Crippen LogP contribution in [0, 0.1) is 0 Å². The van der Waals surface area contributed by atoms with E-state index in [2.05, 4.69) is 199 Å².